The van der Waals surface area contributed by atoms with Gasteiger partial charge in [0, 0.05) is 30.1 Å². The van der Waals surface area contributed by atoms with Gasteiger partial charge in [-0.05, 0) is 62.1 Å². The van der Waals surface area contributed by atoms with Gasteiger partial charge in [0.15, 0.2) is 5.13 Å². The van der Waals surface area contributed by atoms with Crippen molar-refractivity contribution in [1.29, 1.82) is 0 Å². The second kappa shape index (κ2) is 10.4. The molecule has 0 spiro atoms. The summed E-state index contributed by atoms with van der Waals surface area (Å²) in [6, 6.07) is 8.12. The lowest BCUT2D eigenvalue weighted by Gasteiger charge is -2.33. The molecule has 3 aromatic rings. The highest BCUT2D eigenvalue weighted by atomic mass is 79.9. The third-order valence-corrected chi connectivity index (χ3v) is 10.0. The summed E-state index contributed by atoms with van der Waals surface area (Å²) in [7, 11) is -4.22. The summed E-state index contributed by atoms with van der Waals surface area (Å²) < 4.78 is 62.4. The highest BCUT2D eigenvalue weighted by Gasteiger charge is 2.37. The zero-order valence-corrected chi connectivity index (χ0v) is 22.4. The second-order valence-corrected chi connectivity index (χ2v) is 12.8. The van der Waals surface area contributed by atoms with Crippen LogP contribution < -0.4 is 4.90 Å². The topological polar surface area (TPSA) is 79.8 Å². The van der Waals surface area contributed by atoms with Crippen LogP contribution in [0.1, 0.15) is 25.7 Å². The zero-order valence-electron chi connectivity index (χ0n) is 19.2. The fraction of sp³-hybridized carbons (Fsp3) is 0.417. The summed E-state index contributed by atoms with van der Waals surface area (Å²) in [5, 5.41) is 0.584. The molecule has 2 fully saturated rings. The highest BCUT2D eigenvalue weighted by Crippen LogP contribution is 2.34. The largest absolute Gasteiger partial charge is 0.376 e. The molecule has 36 heavy (non-hydrogen) atoms. The molecule has 2 aliphatic rings. The fourth-order valence-electron chi connectivity index (χ4n) is 4.63. The van der Waals surface area contributed by atoms with Gasteiger partial charge in [-0.3, -0.25) is 9.69 Å². The van der Waals surface area contributed by atoms with Crippen molar-refractivity contribution in [3.63, 3.8) is 0 Å². The number of carbonyl (C=O) groups excluding carboxylic acids is 1. The Morgan fingerprint density at radius 3 is 2.67 bits per heavy atom. The number of carbonyl (C=O) groups is 1. The number of ether oxygens (including phenoxy) is 1. The molecule has 2 saturated heterocycles. The molecule has 2 aromatic carbocycles. The van der Waals surface area contributed by atoms with Gasteiger partial charge in [0.2, 0.25) is 15.9 Å². The van der Waals surface area contributed by atoms with Crippen LogP contribution in [0.4, 0.5) is 13.9 Å². The number of halogens is 3. The lowest BCUT2D eigenvalue weighted by Crippen LogP contribution is -2.46. The van der Waals surface area contributed by atoms with Crippen LogP contribution in [0.3, 0.4) is 0 Å². The number of hydrogen-bond donors (Lipinski definition) is 0. The second-order valence-electron chi connectivity index (χ2n) is 8.95. The molecular weight excluding hydrogens is 576 g/mol. The fourth-order valence-corrected chi connectivity index (χ4v) is 7.71. The first-order chi connectivity index (χ1) is 17.2. The summed E-state index contributed by atoms with van der Waals surface area (Å²) in [4.78, 5) is 19.4. The predicted molar refractivity (Wildman–Crippen MR) is 136 cm³/mol. The molecule has 0 radical (unpaired) electrons. The molecular formula is C24H24BrF2N3O4S2. The number of amides is 1. The van der Waals surface area contributed by atoms with Crippen LogP contribution >= 0.6 is 27.3 Å². The molecule has 7 nitrogen and oxygen atoms in total. The zero-order chi connectivity index (χ0) is 25.4. The Balaban J connectivity index is 1.35. The first-order valence-corrected chi connectivity index (χ1v) is 14.7. The Labute approximate surface area is 220 Å². The van der Waals surface area contributed by atoms with E-state index in [2.05, 4.69) is 20.9 Å². The van der Waals surface area contributed by atoms with Crippen molar-refractivity contribution in [1.82, 2.24) is 9.29 Å². The molecule has 5 rings (SSSR count). The van der Waals surface area contributed by atoms with Gasteiger partial charge in [0.1, 0.15) is 16.5 Å². The van der Waals surface area contributed by atoms with E-state index in [0.29, 0.717) is 24.3 Å². The number of hydrogen-bond acceptors (Lipinski definition) is 6. The number of nitrogens with zero attached hydrogens (tertiary/aromatic N) is 3. The third kappa shape index (κ3) is 5.19. The van der Waals surface area contributed by atoms with E-state index in [1.807, 2.05) is 18.2 Å². The average Bonchev–Trinajstić information content (AvgIpc) is 3.53. The molecule has 0 aliphatic carbocycles. The number of sulfonamides is 1. The average molecular weight is 601 g/mol. The van der Waals surface area contributed by atoms with Gasteiger partial charge in [-0.1, -0.05) is 27.3 Å². The van der Waals surface area contributed by atoms with Gasteiger partial charge in [-0.25, -0.2) is 22.2 Å². The third-order valence-electron chi connectivity index (χ3n) is 6.56. The van der Waals surface area contributed by atoms with Crippen molar-refractivity contribution in [2.75, 3.05) is 31.1 Å². The molecule has 1 aromatic heterocycles. The minimum Gasteiger partial charge on any atom is -0.376 e. The van der Waals surface area contributed by atoms with Gasteiger partial charge < -0.3 is 4.74 Å². The van der Waals surface area contributed by atoms with Gasteiger partial charge in [0.25, 0.3) is 0 Å². The van der Waals surface area contributed by atoms with Crippen molar-refractivity contribution in [3.05, 3.63) is 52.5 Å². The van der Waals surface area contributed by atoms with Crippen molar-refractivity contribution >= 4 is 58.5 Å². The van der Waals surface area contributed by atoms with Crippen molar-refractivity contribution < 1.29 is 26.7 Å². The molecule has 0 N–H and O–H groups in total. The smallest absolute Gasteiger partial charge is 0.246 e. The van der Waals surface area contributed by atoms with Crippen LogP contribution in [0.15, 0.2) is 45.8 Å². The van der Waals surface area contributed by atoms with E-state index in [1.165, 1.54) is 11.3 Å². The molecule has 0 saturated carbocycles. The first-order valence-electron chi connectivity index (χ1n) is 11.7. The van der Waals surface area contributed by atoms with Gasteiger partial charge in [-0.2, -0.15) is 4.31 Å². The van der Waals surface area contributed by atoms with Crippen LogP contribution in [-0.2, 0) is 19.6 Å². The number of thiazole rings is 1. The number of anilines is 1. The maximum Gasteiger partial charge on any atom is 0.246 e. The summed E-state index contributed by atoms with van der Waals surface area (Å²) in [5.41, 5.74) is 0.793. The Kier molecular flexibility index (Phi) is 7.42. The van der Waals surface area contributed by atoms with Crippen molar-refractivity contribution in [2.24, 2.45) is 5.92 Å². The van der Waals surface area contributed by atoms with Crippen molar-refractivity contribution in [2.45, 2.75) is 36.7 Å². The minimum absolute atomic E-state index is 0.0370. The standard InChI is InChI=1S/C24H24BrF2N3O4S2/c25-16-3-6-20-21(12-16)35-24(28-20)30(14-18-2-1-11-34-18)23(31)15-7-9-29(10-8-15)36(32,33)22-13-17(26)4-5-19(22)27/h3-6,12-13,15,18H,1-2,7-11,14H2. The van der Waals surface area contributed by atoms with E-state index in [9.17, 15) is 22.0 Å². The van der Waals surface area contributed by atoms with Gasteiger partial charge in [0.05, 0.1) is 22.9 Å². The number of rotatable bonds is 6. The number of piperidine rings is 1. The SMILES string of the molecule is O=C(C1CCN(S(=O)(=O)c2cc(F)ccc2F)CC1)N(CC1CCCO1)c1nc2ccc(Br)cc2s1. The van der Waals surface area contributed by atoms with Crippen LogP contribution in [-0.4, -0.2) is 56.0 Å². The van der Waals surface area contributed by atoms with Crippen molar-refractivity contribution in [3.8, 4) is 0 Å². The maximum absolute atomic E-state index is 14.2. The Morgan fingerprint density at radius 1 is 1.17 bits per heavy atom. The van der Waals surface area contributed by atoms with E-state index in [-0.39, 0.29) is 37.9 Å². The van der Waals surface area contributed by atoms with Gasteiger partial charge in [-0.15, -0.1) is 0 Å². The quantitative estimate of drug-likeness (QED) is 0.400. The van der Waals surface area contributed by atoms with Gasteiger partial charge >= 0.3 is 0 Å². The van der Waals surface area contributed by atoms with Crippen LogP contribution in [0.2, 0.25) is 0 Å². The van der Waals surface area contributed by atoms with Crippen LogP contribution in [0.25, 0.3) is 10.2 Å². The molecule has 1 atom stereocenters. The lowest BCUT2D eigenvalue weighted by atomic mass is 9.96. The highest BCUT2D eigenvalue weighted by molar-refractivity contribution is 9.10. The maximum atomic E-state index is 14.2. The molecule has 1 amide bonds. The number of benzene rings is 2. The van der Waals surface area contributed by atoms with E-state index in [4.69, 9.17) is 4.74 Å². The van der Waals surface area contributed by atoms with E-state index in [0.717, 1.165) is 44.0 Å². The number of fused-ring (bicyclic) bond motifs is 1. The predicted octanol–water partition coefficient (Wildman–Crippen LogP) is 4.95. The van der Waals surface area contributed by atoms with Crippen LogP contribution in [0, 0.1) is 17.6 Å². The Morgan fingerprint density at radius 2 is 1.94 bits per heavy atom. The van der Waals surface area contributed by atoms with Crippen LogP contribution in [0.5, 0.6) is 0 Å². The van der Waals surface area contributed by atoms with E-state index >= 15 is 0 Å². The first kappa shape index (κ1) is 25.7. The number of aromatic nitrogens is 1. The normalized spacial score (nSPS) is 19.7. The molecule has 0 bridgehead atoms. The summed E-state index contributed by atoms with van der Waals surface area (Å²) >= 11 is 4.89. The Hall–Kier alpha value is -1.99. The molecule has 12 heteroatoms. The monoisotopic (exact) mass is 599 g/mol. The summed E-state index contributed by atoms with van der Waals surface area (Å²) in [6.45, 7) is 1.11. The molecule has 3 heterocycles. The molecule has 2 aliphatic heterocycles. The van der Waals surface area contributed by atoms with E-state index in [1.54, 1.807) is 4.90 Å². The Bertz CT molecular complexity index is 1390. The lowest BCUT2D eigenvalue weighted by molar-refractivity contribution is -0.123. The molecule has 1 unspecified atom stereocenters. The van der Waals surface area contributed by atoms with E-state index < -0.39 is 32.5 Å². The summed E-state index contributed by atoms with van der Waals surface area (Å²) in [6.07, 6.45) is 2.26. The summed E-state index contributed by atoms with van der Waals surface area (Å²) in [5.74, 6) is -2.38. The molecule has 192 valence electrons. The minimum atomic E-state index is -4.22.